The van der Waals surface area contributed by atoms with Gasteiger partial charge in [-0.1, -0.05) is 23.7 Å². The molecule has 0 aliphatic carbocycles. The second kappa shape index (κ2) is 6.32. The first-order chi connectivity index (χ1) is 10.3. The van der Waals surface area contributed by atoms with E-state index < -0.39 is 11.9 Å². The van der Waals surface area contributed by atoms with E-state index in [1.54, 1.807) is 24.3 Å². The number of rotatable bonds is 3. The number of aromatic nitrogens is 1. The molecule has 0 amide bonds. The summed E-state index contributed by atoms with van der Waals surface area (Å²) in [5.74, 6) is 0. The van der Waals surface area contributed by atoms with Gasteiger partial charge in [-0.25, -0.2) is 0 Å². The Hall–Kier alpha value is -1.49. The molecule has 1 heterocycles. The predicted octanol–water partition coefficient (Wildman–Crippen LogP) is 5.07. The number of benzene rings is 1. The second-order valence-electron chi connectivity index (χ2n) is 4.35. The molecule has 0 bridgehead atoms. The Balaban J connectivity index is 2.82. The standard InChI is InChI=1S/C14H9BrClF3N2O/c1-22-7-21-12(8-2-4-9(16)5-3-8)10(6-20)11(15)13(21)14(17,18)19/h2-5H,7H2,1H3. The molecule has 0 N–H and O–H groups in total. The summed E-state index contributed by atoms with van der Waals surface area (Å²) in [6.45, 7) is -0.340. The average molecular weight is 394 g/mol. The van der Waals surface area contributed by atoms with Crippen molar-refractivity contribution in [3.05, 3.63) is 45.0 Å². The molecular weight excluding hydrogens is 385 g/mol. The minimum Gasteiger partial charge on any atom is -0.364 e. The lowest BCUT2D eigenvalue weighted by molar-refractivity contribution is -0.146. The molecule has 0 aliphatic heterocycles. The summed E-state index contributed by atoms with van der Waals surface area (Å²) >= 11 is 8.68. The molecule has 0 unspecified atom stereocenters. The number of halogens is 5. The Morgan fingerprint density at radius 2 is 1.91 bits per heavy atom. The molecule has 0 radical (unpaired) electrons. The van der Waals surface area contributed by atoms with Crippen LogP contribution >= 0.6 is 27.5 Å². The molecule has 116 valence electrons. The molecule has 0 saturated heterocycles. The van der Waals surface area contributed by atoms with Crippen molar-refractivity contribution in [2.75, 3.05) is 7.11 Å². The van der Waals surface area contributed by atoms with Gasteiger partial charge in [-0.3, -0.25) is 0 Å². The Morgan fingerprint density at radius 1 is 1.32 bits per heavy atom. The van der Waals surface area contributed by atoms with Crippen molar-refractivity contribution in [3.8, 4) is 17.3 Å². The maximum atomic E-state index is 13.3. The first kappa shape index (κ1) is 16.9. The Labute approximate surface area is 138 Å². The SMILES string of the molecule is COCn1c(-c2ccc(Cl)cc2)c(C#N)c(Br)c1C(F)(F)F. The lowest BCUT2D eigenvalue weighted by Gasteiger charge is -2.14. The number of hydrogen-bond donors (Lipinski definition) is 0. The van der Waals surface area contributed by atoms with Gasteiger partial charge in [0, 0.05) is 12.1 Å². The number of nitrogens with zero attached hydrogens (tertiary/aromatic N) is 2. The minimum absolute atomic E-state index is 0.105. The first-order valence-corrected chi connectivity index (χ1v) is 7.12. The van der Waals surface area contributed by atoms with Crippen molar-refractivity contribution in [2.45, 2.75) is 12.9 Å². The number of hydrogen-bond acceptors (Lipinski definition) is 2. The van der Waals surface area contributed by atoms with E-state index in [0.29, 0.717) is 10.6 Å². The molecule has 8 heteroatoms. The average Bonchev–Trinajstić information content (AvgIpc) is 2.72. The fraction of sp³-hybridized carbons (Fsp3) is 0.214. The van der Waals surface area contributed by atoms with E-state index in [2.05, 4.69) is 15.9 Å². The van der Waals surface area contributed by atoms with Crippen molar-refractivity contribution >= 4 is 27.5 Å². The van der Waals surface area contributed by atoms with Gasteiger partial charge in [-0.15, -0.1) is 0 Å². The van der Waals surface area contributed by atoms with E-state index in [-0.39, 0.29) is 22.5 Å². The molecule has 0 saturated carbocycles. The number of ether oxygens (including phenoxy) is 1. The van der Waals surface area contributed by atoms with Crippen LogP contribution in [0.25, 0.3) is 11.3 Å². The van der Waals surface area contributed by atoms with Gasteiger partial charge in [0.25, 0.3) is 0 Å². The van der Waals surface area contributed by atoms with Gasteiger partial charge in [0.05, 0.1) is 15.7 Å². The van der Waals surface area contributed by atoms with Gasteiger partial charge < -0.3 is 9.30 Å². The van der Waals surface area contributed by atoms with Crippen LogP contribution < -0.4 is 0 Å². The molecular formula is C14H9BrClF3N2O. The largest absolute Gasteiger partial charge is 0.432 e. The molecule has 0 fully saturated rings. The minimum atomic E-state index is -4.63. The summed E-state index contributed by atoms with van der Waals surface area (Å²) in [5.41, 5.74) is -0.503. The molecule has 2 rings (SSSR count). The zero-order chi connectivity index (χ0) is 16.5. The summed E-state index contributed by atoms with van der Waals surface area (Å²) in [5, 5.41) is 9.71. The summed E-state index contributed by atoms with van der Waals surface area (Å²) in [6.07, 6.45) is -4.63. The van der Waals surface area contributed by atoms with Crippen LogP contribution in [0, 0.1) is 11.3 Å². The third-order valence-corrected chi connectivity index (χ3v) is 3.98. The monoisotopic (exact) mass is 392 g/mol. The molecule has 22 heavy (non-hydrogen) atoms. The van der Waals surface area contributed by atoms with Crippen LogP contribution in [0.15, 0.2) is 28.7 Å². The fourth-order valence-electron chi connectivity index (χ4n) is 2.13. The van der Waals surface area contributed by atoms with Gasteiger partial charge in [-0.05, 0) is 33.6 Å². The smallest absolute Gasteiger partial charge is 0.364 e. The molecule has 3 nitrogen and oxygen atoms in total. The van der Waals surface area contributed by atoms with Crippen molar-refractivity contribution in [1.82, 2.24) is 4.57 Å². The van der Waals surface area contributed by atoms with Crippen molar-refractivity contribution in [3.63, 3.8) is 0 Å². The van der Waals surface area contributed by atoms with Gasteiger partial charge in [0.1, 0.15) is 18.5 Å². The highest BCUT2D eigenvalue weighted by atomic mass is 79.9. The van der Waals surface area contributed by atoms with E-state index in [0.717, 1.165) is 4.57 Å². The van der Waals surface area contributed by atoms with Gasteiger partial charge in [0.15, 0.2) is 0 Å². The Kier molecular flexibility index (Phi) is 4.85. The molecule has 0 spiro atoms. The van der Waals surface area contributed by atoms with Crippen LogP contribution in [0.3, 0.4) is 0 Å². The molecule has 0 atom stereocenters. The van der Waals surface area contributed by atoms with Crippen LogP contribution in [-0.4, -0.2) is 11.7 Å². The third-order valence-electron chi connectivity index (χ3n) is 2.96. The summed E-state index contributed by atoms with van der Waals surface area (Å²) < 4.78 is 45.4. The lowest BCUT2D eigenvalue weighted by atomic mass is 10.1. The van der Waals surface area contributed by atoms with Crippen molar-refractivity contribution < 1.29 is 17.9 Å². The van der Waals surface area contributed by atoms with Crippen LogP contribution in [0.2, 0.25) is 5.02 Å². The van der Waals surface area contributed by atoms with Crippen LogP contribution in [-0.2, 0) is 17.6 Å². The Morgan fingerprint density at radius 3 is 2.36 bits per heavy atom. The van der Waals surface area contributed by atoms with Crippen molar-refractivity contribution in [2.24, 2.45) is 0 Å². The predicted molar refractivity (Wildman–Crippen MR) is 79.3 cm³/mol. The topological polar surface area (TPSA) is 38.0 Å². The summed E-state index contributed by atoms with van der Waals surface area (Å²) in [7, 11) is 1.28. The van der Waals surface area contributed by atoms with Gasteiger partial charge in [-0.2, -0.15) is 18.4 Å². The summed E-state index contributed by atoms with van der Waals surface area (Å²) in [4.78, 5) is 0. The van der Waals surface area contributed by atoms with E-state index in [9.17, 15) is 18.4 Å². The van der Waals surface area contributed by atoms with E-state index >= 15 is 0 Å². The van der Waals surface area contributed by atoms with Gasteiger partial charge >= 0.3 is 6.18 Å². The van der Waals surface area contributed by atoms with Crippen molar-refractivity contribution in [1.29, 1.82) is 5.26 Å². The van der Waals surface area contributed by atoms with E-state index in [1.807, 2.05) is 6.07 Å². The highest BCUT2D eigenvalue weighted by Crippen LogP contribution is 2.43. The zero-order valence-corrected chi connectivity index (χ0v) is 13.6. The number of nitriles is 1. The first-order valence-electron chi connectivity index (χ1n) is 5.95. The fourth-order valence-corrected chi connectivity index (χ4v) is 2.97. The number of methoxy groups -OCH3 is 1. The van der Waals surface area contributed by atoms with E-state index in [4.69, 9.17) is 16.3 Å². The zero-order valence-electron chi connectivity index (χ0n) is 11.2. The highest BCUT2D eigenvalue weighted by Gasteiger charge is 2.40. The maximum Gasteiger partial charge on any atom is 0.432 e. The van der Waals surface area contributed by atoms with Gasteiger partial charge in [0.2, 0.25) is 0 Å². The summed E-state index contributed by atoms with van der Waals surface area (Å²) in [6, 6.07) is 8.01. The molecule has 1 aromatic heterocycles. The number of alkyl halides is 3. The highest BCUT2D eigenvalue weighted by molar-refractivity contribution is 9.10. The normalized spacial score (nSPS) is 11.5. The molecule has 1 aromatic carbocycles. The van der Waals surface area contributed by atoms with Crippen LogP contribution in [0.4, 0.5) is 13.2 Å². The van der Waals surface area contributed by atoms with E-state index in [1.165, 1.54) is 7.11 Å². The quantitative estimate of drug-likeness (QED) is 0.730. The third kappa shape index (κ3) is 3.00. The molecule has 0 aliphatic rings. The van der Waals surface area contributed by atoms with Crippen LogP contribution in [0.5, 0.6) is 0 Å². The maximum absolute atomic E-state index is 13.3. The van der Waals surface area contributed by atoms with Crippen LogP contribution in [0.1, 0.15) is 11.3 Å². The second-order valence-corrected chi connectivity index (χ2v) is 5.58. The lowest BCUT2D eigenvalue weighted by Crippen LogP contribution is -2.15. The Bertz CT molecular complexity index is 733. The molecule has 2 aromatic rings.